The van der Waals surface area contributed by atoms with Gasteiger partial charge in [-0.15, -0.1) is 12.4 Å². The average Bonchev–Trinajstić information content (AvgIpc) is 2.67. The summed E-state index contributed by atoms with van der Waals surface area (Å²) in [4.78, 5) is 0. The first-order valence-corrected chi connectivity index (χ1v) is 7.36. The SMILES string of the molecule is C=C1c2ccc(OCC)cc2CC12CCC(N)CC2.Cl. The van der Waals surface area contributed by atoms with Gasteiger partial charge in [-0.3, -0.25) is 0 Å². The quantitative estimate of drug-likeness (QED) is 0.895. The van der Waals surface area contributed by atoms with E-state index in [1.165, 1.54) is 29.5 Å². The molecule has 2 N–H and O–H groups in total. The van der Waals surface area contributed by atoms with Crippen LogP contribution >= 0.6 is 12.4 Å². The Balaban J connectivity index is 0.00000147. The zero-order valence-electron chi connectivity index (χ0n) is 12.2. The van der Waals surface area contributed by atoms with E-state index in [9.17, 15) is 0 Å². The third kappa shape index (κ3) is 2.47. The minimum atomic E-state index is 0. The van der Waals surface area contributed by atoms with E-state index in [1.54, 1.807) is 0 Å². The molecule has 0 radical (unpaired) electrons. The van der Waals surface area contributed by atoms with E-state index in [0.717, 1.165) is 31.6 Å². The molecular weight excluding hydrogens is 270 g/mol. The van der Waals surface area contributed by atoms with Crippen LogP contribution in [0.25, 0.3) is 5.57 Å². The molecule has 3 heteroatoms. The number of benzene rings is 1. The standard InChI is InChI=1S/C17H23NO.ClH/c1-3-19-15-4-5-16-12(2)17(11-13(16)10-15)8-6-14(18)7-9-17;/h4-5,10,14H,2-3,6-9,11,18H2,1H3;1H. The van der Waals surface area contributed by atoms with Crippen LogP contribution in [0.1, 0.15) is 43.7 Å². The van der Waals surface area contributed by atoms with Crippen molar-refractivity contribution in [3.05, 3.63) is 35.9 Å². The van der Waals surface area contributed by atoms with Crippen LogP contribution in [-0.4, -0.2) is 12.6 Å². The van der Waals surface area contributed by atoms with E-state index >= 15 is 0 Å². The van der Waals surface area contributed by atoms with Crippen LogP contribution in [0, 0.1) is 5.41 Å². The number of allylic oxidation sites excluding steroid dienone is 1. The predicted molar refractivity (Wildman–Crippen MR) is 86.5 cm³/mol. The van der Waals surface area contributed by atoms with E-state index in [0.29, 0.717) is 6.04 Å². The highest BCUT2D eigenvalue weighted by Crippen LogP contribution is 2.54. The lowest BCUT2D eigenvalue weighted by molar-refractivity contribution is 0.256. The molecule has 0 atom stereocenters. The molecule has 20 heavy (non-hydrogen) atoms. The Morgan fingerprint density at radius 2 is 2.05 bits per heavy atom. The van der Waals surface area contributed by atoms with Gasteiger partial charge < -0.3 is 10.5 Å². The number of nitrogens with two attached hydrogens (primary N) is 1. The van der Waals surface area contributed by atoms with Crippen molar-refractivity contribution in [2.24, 2.45) is 11.1 Å². The molecule has 2 aliphatic rings. The number of rotatable bonds is 2. The van der Waals surface area contributed by atoms with Crippen molar-refractivity contribution in [1.29, 1.82) is 0 Å². The van der Waals surface area contributed by atoms with Crippen molar-refractivity contribution in [3.8, 4) is 5.75 Å². The fourth-order valence-electron chi connectivity index (χ4n) is 3.70. The van der Waals surface area contributed by atoms with Crippen LogP contribution in [0.15, 0.2) is 24.8 Å². The van der Waals surface area contributed by atoms with Crippen molar-refractivity contribution in [2.75, 3.05) is 6.61 Å². The Hall–Kier alpha value is -0.990. The summed E-state index contributed by atoms with van der Waals surface area (Å²) in [5.74, 6) is 0.985. The van der Waals surface area contributed by atoms with E-state index < -0.39 is 0 Å². The molecule has 0 bridgehead atoms. The first-order chi connectivity index (χ1) is 9.14. The Labute approximate surface area is 127 Å². The van der Waals surface area contributed by atoms with Gasteiger partial charge in [-0.2, -0.15) is 0 Å². The van der Waals surface area contributed by atoms with Gasteiger partial charge >= 0.3 is 0 Å². The first kappa shape index (κ1) is 15.4. The van der Waals surface area contributed by atoms with Gasteiger partial charge in [0, 0.05) is 6.04 Å². The maximum absolute atomic E-state index is 6.05. The lowest BCUT2D eigenvalue weighted by Crippen LogP contribution is -2.33. The molecule has 0 heterocycles. The minimum absolute atomic E-state index is 0. The van der Waals surface area contributed by atoms with E-state index in [4.69, 9.17) is 10.5 Å². The van der Waals surface area contributed by atoms with Gasteiger partial charge in [0.05, 0.1) is 6.61 Å². The molecule has 1 saturated carbocycles. The Morgan fingerprint density at radius 3 is 2.70 bits per heavy atom. The van der Waals surface area contributed by atoms with E-state index in [2.05, 4.69) is 24.8 Å². The van der Waals surface area contributed by atoms with E-state index in [1.807, 2.05) is 6.92 Å². The molecule has 2 aliphatic carbocycles. The summed E-state index contributed by atoms with van der Waals surface area (Å²) in [6, 6.07) is 6.85. The fourth-order valence-corrected chi connectivity index (χ4v) is 3.70. The van der Waals surface area contributed by atoms with Gasteiger partial charge in [0.2, 0.25) is 0 Å². The summed E-state index contributed by atoms with van der Waals surface area (Å²) in [5, 5.41) is 0. The average molecular weight is 294 g/mol. The monoisotopic (exact) mass is 293 g/mol. The van der Waals surface area contributed by atoms with Gasteiger partial charge in [0.1, 0.15) is 5.75 Å². The van der Waals surface area contributed by atoms with Gasteiger partial charge in [0.25, 0.3) is 0 Å². The van der Waals surface area contributed by atoms with Crippen LogP contribution in [0.5, 0.6) is 5.75 Å². The first-order valence-electron chi connectivity index (χ1n) is 7.36. The van der Waals surface area contributed by atoms with Crippen molar-refractivity contribution in [1.82, 2.24) is 0 Å². The molecule has 1 spiro atoms. The highest BCUT2D eigenvalue weighted by Gasteiger charge is 2.42. The van der Waals surface area contributed by atoms with Crippen molar-refractivity contribution >= 4 is 18.0 Å². The number of halogens is 1. The summed E-state index contributed by atoms with van der Waals surface area (Å²) in [7, 11) is 0. The molecule has 0 saturated heterocycles. The largest absolute Gasteiger partial charge is 0.494 e. The maximum Gasteiger partial charge on any atom is 0.119 e. The molecule has 2 nitrogen and oxygen atoms in total. The molecule has 1 aromatic rings. The zero-order valence-corrected chi connectivity index (χ0v) is 13.0. The second-order valence-corrected chi connectivity index (χ2v) is 6.03. The summed E-state index contributed by atoms with van der Waals surface area (Å²) in [6.07, 6.45) is 5.75. The van der Waals surface area contributed by atoms with Crippen LogP contribution < -0.4 is 10.5 Å². The van der Waals surface area contributed by atoms with Crippen molar-refractivity contribution < 1.29 is 4.74 Å². The van der Waals surface area contributed by atoms with Gasteiger partial charge in [0.15, 0.2) is 0 Å². The zero-order chi connectivity index (χ0) is 13.5. The summed E-state index contributed by atoms with van der Waals surface area (Å²) < 4.78 is 5.61. The molecule has 0 aliphatic heterocycles. The lowest BCUT2D eigenvalue weighted by Gasteiger charge is -2.37. The highest BCUT2D eigenvalue weighted by molar-refractivity contribution is 5.85. The van der Waals surface area contributed by atoms with Crippen molar-refractivity contribution in [3.63, 3.8) is 0 Å². The third-order valence-corrected chi connectivity index (χ3v) is 4.87. The number of fused-ring (bicyclic) bond motifs is 1. The molecule has 0 amide bonds. The molecule has 0 unspecified atom stereocenters. The van der Waals surface area contributed by atoms with Crippen molar-refractivity contribution in [2.45, 2.75) is 45.1 Å². The van der Waals surface area contributed by atoms with Crippen LogP contribution in [0.2, 0.25) is 0 Å². The lowest BCUT2D eigenvalue weighted by atomic mass is 9.69. The second kappa shape index (κ2) is 5.79. The van der Waals surface area contributed by atoms with Gasteiger partial charge in [-0.05, 0) is 73.3 Å². The maximum atomic E-state index is 6.05. The summed E-state index contributed by atoms with van der Waals surface area (Å²) in [6.45, 7) is 7.14. The Morgan fingerprint density at radius 1 is 1.35 bits per heavy atom. The predicted octanol–water partition coefficient (Wildman–Crippen LogP) is 3.96. The smallest absolute Gasteiger partial charge is 0.119 e. The normalized spacial score (nSPS) is 28.1. The van der Waals surface area contributed by atoms with Crippen LogP contribution in [-0.2, 0) is 6.42 Å². The van der Waals surface area contributed by atoms with Gasteiger partial charge in [-0.25, -0.2) is 0 Å². The number of hydrogen-bond donors (Lipinski definition) is 1. The number of hydrogen-bond acceptors (Lipinski definition) is 2. The second-order valence-electron chi connectivity index (χ2n) is 6.03. The van der Waals surface area contributed by atoms with E-state index in [-0.39, 0.29) is 17.8 Å². The molecule has 1 aromatic carbocycles. The summed E-state index contributed by atoms with van der Waals surface area (Å²) in [5.41, 5.74) is 10.4. The minimum Gasteiger partial charge on any atom is -0.494 e. The van der Waals surface area contributed by atoms with Crippen LogP contribution in [0.4, 0.5) is 0 Å². The molecule has 1 fully saturated rings. The Bertz CT molecular complexity index is 504. The Kier molecular flexibility index (Phi) is 4.46. The van der Waals surface area contributed by atoms with Gasteiger partial charge in [-0.1, -0.05) is 12.6 Å². The molecule has 110 valence electrons. The molecular formula is C17H24ClNO. The number of ether oxygens (including phenoxy) is 1. The fraction of sp³-hybridized carbons (Fsp3) is 0.529. The summed E-state index contributed by atoms with van der Waals surface area (Å²) >= 11 is 0. The molecule has 3 rings (SSSR count). The third-order valence-electron chi connectivity index (χ3n) is 4.87. The van der Waals surface area contributed by atoms with Crippen LogP contribution in [0.3, 0.4) is 0 Å². The highest BCUT2D eigenvalue weighted by atomic mass is 35.5. The molecule has 0 aromatic heterocycles. The topological polar surface area (TPSA) is 35.2 Å².